The molecule has 9 heteroatoms. The summed E-state index contributed by atoms with van der Waals surface area (Å²) in [6, 6.07) is 14.3. The van der Waals surface area contributed by atoms with Gasteiger partial charge in [-0.15, -0.1) is 0 Å². The van der Waals surface area contributed by atoms with E-state index in [0.717, 1.165) is 18.8 Å². The Bertz CT molecular complexity index is 1240. The lowest BCUT2D eigenvalue weighted by atomic mass is 10.0. The Kier molecular flexibility index (Phi) is 6.69. The Morgan fingerprint density at radius 2 is 1.67 bits per heavy atom. The molecule has 2 heterocycles. The van der Waals surface area contributed by atoms with Crippen molar-refractivity contribution in [1.82, 2.24) is 4.98 Å². The Balaban J connectivity index is 1.59. The van der Waals surface area contributed by atoms with E-state index in [1.54, 1.807) is 36.4 Å². The number of ketones is 1. The third-order valence-corrected chi connectivity index (χ3v) is 6.96. The third kappa shape index (κ3) is 5.35. The minimum absolute atomic E-state index is 0.0952. The van der Waals surface area contributed by atoms with Crippen molar-refractivity contribution in [1.29, 1.82) is 0 Å². The highest BCUT2D eigenvalue weighted by atomic mass is 35.5. The van der Waals surface area contributed by atoms with E-state index < -0.39 is 10.0 Å². The van der Waals surface area contributed by atoms with Gasteiger partial charge in [-0.3, -0.25) is 14.5 Å². The lowest BCUT2D eigenvalue weighted by Crippen LogP contribution is -2.45. The Hall–Kier alpha value is -2.94. The van der Waals surface area contributed by atoms with Crippen molar-refractivity contribution in [3.05, 3.63) is 83.1 Å². The molecule has 33 heavy (non-hydrogen) atoms. The number of anilines is 2. The Morgan fingerprint density at radius 1 is 1.03 bits per heavy atom. The van der Waals surface area contributed by atoms with Crippen molar-refractivity contribution in [2.24, 2.45) is 0 Å². The second kappa shape index (κ2) is 9.51. The van der Waals surface area contributed by atoms with Crippen molar-refractivity contribution in [2.45, 2.75) is 31.0 Å². The maximum Gasteiger partial charge on any atom is 0.261 e. The molecule has 1 aliphatic heterocycles. The predicted octanol–water partition coefficient (Wildman–Crippen LogP) is 4.38. The zero-order chi connectivity index (χ0) is 23.6. The van der Waals surface area contributed by atoms with Crippen LogP contribution in [0, 0.1) is 0 Å². The smallest absolute Gasteiger partial charge is 0.261 e. The predicted molar refractivity (Wildman–Crippen MR) is 129 cm³/mol. The van der Waals surface area contributed by atoms with Gasteiger partial charge in [0.2, 0.25) is 0 Å². The summed E-state index contributed by atoms with van der Waals surface area (Å²) in [6.45, 7) is 5.50. The van der Waals surface area contributed by atoms with Crippen LogP contribution in [0.1, 0.15) is 29.8 Å². The number of hydrogen-bond donors (Lipinski definition) is 1. The number of hydrogen-bond acceptors (Lipinski definition) is 6. The van der Waals surface area contributed by atoms with E-state index in [9.17, 15) is 13.2 Å². The van der Waals surface area contributed by atoms with Crippen LogP contribution in [0.25, 0.3) is 0 Å². The van der Waals surface area contributed by atoms with Crippen LogP contribution >= 0.6 is 11.6 Å². The molecular formula is C24H24ClN3O4S. The highest BCUT2D eigenvalue weighted by molar-refractivity contribution is 7.92. The average molecular weight is 486 g/mol. The normalized spacial score (nSPS) is 18.7. The number of benzene rings is 2. The first-order valence-electron chi connectivity index (χ1n) is 10.5. The van der Waals surface area contributed by atoms with Crippen LogP contribution in [0.3, 0.4) is 0 Å². The van der Waals surface area contributed by atoms with Gasteiger partial charge in [0.05, 0.1) is 22.8 Å². The SMILES string of the molecule is CC1CN(c2ccc(S(=O)(=O)Nc3ccc(Cl)cc3C(=O)c3ccncc3)cc2)CC(C)O1. The second-order valence-corrected chi connectivity index (χ2v) is 10.1. The van der Waals surface area contributed by atoms with Crippen molar-refractivity contribution in [2.75, 3.05) is 22.7 Å². The van der Waals surface area contributed by atoms with Crippen molar-refractivity contribution in [3.8, 4) is 0 Å². The summed E-state index contributed by atoms with van der Waals surface area (Å²) in [7, 11) is -3.93. The lowest BCUT2D eigenvalue weighted by Gasteiger charge is -2.36. The average Bonchev–Trinajstić information content (AvgIpc) is 2.80. The minimum Gasteiger partial charge on any atom is -0.372 e. The molecule has 4 rings (SSSR count). The zero-order valence-corrected chi connectivity index (χ0v) is 19.8. The maximum atomic E-state index is 13.1. The number of sulfonamides is 1. The number of carbonyl (C=O) groups is 1. The molecule has 1 aliphatic rings. The molecule has 0 radical (unpaired) electrons. The van der Waals surface area contributed by atoms with Crippen LogP contribution in [0.15, 0.2) is 71.9 Å². The molecule has 0 amide bonds. The van der Waals surface area contributed by atoms with Gasteiger partial charge in [0.1, 0.15) is 0 Å². The van der Waals surface area contributed by atoms with Gasteiger partial charge < -0.3 is 9.64 Å². The number of nitrogens with zero attached hydrogens (tertiary/aromatic N) is 2. The van der Waals surface area contributed by atoms with Crippen LogP contribution in [0.5, 0.6) is 0 Å². The molecule has 1 fully saturated rings. The van der Waals surface area contributed by atoms with Crippen LogP contribution in [-0.4, -0.2) is 44.5 Å². The number of pyridine rings is 1. The van der Waals surface area contributed by atoms with E-state index in [-0.39, 0.29) is 34.1 Å². The van der Waals surface area contributed by atoms with Crippen molar-refractivity contribution in [3.63, 3.8) is 0 Å². The van der Waals surface area contributed by atoms with E-state index in [0.29, 0.717) is 10.6 Å². The maximum absolute atomic E-state index is 13.1. The molecule has 0 spiro atoms. The van der Waals surface area contributed by atoms with E-state index >= 15 is 0 Å². The first-order chi connectivity index (χ1) is 15.7. The van der Waals surface area contributed by atoms with Gasteiger partial charge in [-0.05, 0) is 68.4 Å². The number of carbonyl (C=O) groups excluding carboxylic acids is 1. The molecule has 2 unspecified atom stereocenters. The summed E-state index contributed by atoms with van der Waals surface area (Å²) in [6.07, 6.45) is 3.19. The molecule has 1 N–H and O–H groups in total. The molecule has 1 saturated heterocycles. The van der Waals surface area contributed by atoms with Crippen LogP contribution in [0.2, 0.25) is 5.02 Å². The van der Waals surface area contributed by atoms with Gasteiger partial charge in [0.25, 0.3) is 10.0 Å². The molecule has 2 aromatic carbocycles. The summed E-state index contributed by atoms with van der Waals surface area (Å²) in [5.74, 6) is -0.358. The van der Waals surface area contributed by atoms with E-state index in [1.807, 2.05) is 13.8 Å². The fourth-order valence-corrected chi connectivity index (χ4v) is 5.13. The quantitative estimate of drug-likeness (QED) is 0.521. The highest BCUT2D eigenvalue weighted by Gasteiger charge is 2.24. The van der Waals surface area contributed by atoms with Crippen LogP contribution in [-0.2, 0) is 14.8 Å². The topological polar surface area (TPSA) is 88.6 Å². The van der Waals surface area contributed by atoms with Crippen LogP contribution < -0.4 is 9.62 Å². The molecule has 1 aromatic heterocycles. The molecule has 2 atom stereocenters. The molecule has 0 saturated carbocycles. The Labute approximate surface area is 198 Å². The summed E-state index contributed by atoms with van der Waals surface area (Å²) < 4.78 is 34.5. The van der Waals surface area contributed by atoms with Gasteiger partial charge in [-0.1, -0.05) is 11.6 Å². The monoisotopic (exact) mass is 485 g/mol. The van der Waals surface area contributed by atoms with E-state index in [2.05, 4.69) is 14.6 Å². The molecular weight excluding hydrogens is 462 g/mol. The number of halogens is 1. The molecule has 172 valence electrons. The first-order valence-corrected chi connectivity index (χ1v) is 12.4. The fraction of sp³-hybridized carbons (Fsp3) is 0.250. The third-order valence-electron chi connectivity index (χ3n) is 5.34. The van der Waals surface area contributed by atoms with E-state index in [4.69, 9.17) is 16.3 Å². The Morgan fingerprint density at radius 3 is 2.30 bits per heavy atom. The molecule has 0 aliphatic carbocycles. The lowest BCUT2D eigenvalue weighted by molar-refractivity contribution is -0.00522. The highest BCUT2D eigenvalue weighted by Crippen LogP contribution is 2.27. The minimum atomic E-state index is -3.93. The summed E-state index contributed by atoms with van der Waals surface area (Å²) >= 11 is 6.09. The largest absolute Gasteiger partial charge is 0.372 e. The van der Waals surface area contributed by atoms with Gasteiger partial charge >= 0.3 is 0 Å². The molecule has 0 bridgehead atoms. The van der Waals surface area contributed by atoms with Crippen LogP contribution in [0.4, 0.5) is 11.4 Å². The number of aromatic nitrogens is 1. The van der Waals surface area contributed by atoms with Gasteiger partial charge in [-0.2, -0.15) is 0 Å². The first kappa shape index (κ1) is 23.2. The zero-order valence-electron chi connectivity index (χ0n) is 18.2. The molecule has 3 aromatic rings. The summed E-state index contributed by atoms with van der Waals surface area (Å²) in [4.78, 5) is 19.2. The number of rotatable bonds is 6. The standard InChI is InChI=1S/C24H24ClN3O4S/c1-16-14-28(15-17(2)32-16)20-4-6-21(7-5-20)33(30,31)27-23-8-3-19(25)13-22(23)24(29)18-9-11-26-12-10-18/h3-13,16-17,27H,14-15H2,1-2H3. The second-order valence-electron chi connectivity index (χ2n) is 8.02. The van der Waals surface area contributed by atoms with Gasteiger partial charge in [0.15, 0.2) is 5.78 Å². The number of ether oxygens (including phenoxy) is 1. The summed E-state index contributed by atoms with van der Waals surface area (Å²) in [5.41, 5.74) is 1.62. The van der Waals surface area contributed by atoms with Gasteiger partial charge in [0, 0.05) is 47.3 Å². The fourth-order valence-electron chi connectivity index (χ4n) is 3.88. The number of morpholine rings is 1. The van der Waals surface area contributed by atoms with Crippen molar-refractivity contribution < 1.29 is 17.9 Å². The van der Waals surface area contributed by atoms with Crippen molar-refractivity contribution >= 4 is 38.8 Å². The molecule has 7 nitrogen and oxygen atoms in total. The van der Waals surface area contributed by atoms with Gasteiger partial charge in [-0.25, -0.2) is 8.42 Å². The summed E-state index contributed by atoms with van der Waals surface area (Å²) in [5, 5.41) is 0.327. The van der Waals surface area contributed by atoms with E-state index in [1.165, 1.54) is 30.6 Å². The number of nitrogens with one attached hydrogen (secondary N) is 1.